The zero-order valence-corrected chi connectivity index (χ0v) is 12.4. The molecule has 0 radical (unpaired) electrons. The number of carbonyl (C=O) groups excluding carboxylic acids is 1. The number of hydrogen-bond donors (Lipinski definition) is 2. The number of amides is 1. The molecule has 0 saturated heterocycles. The summed E-state index contributed by atoms with van der Waals surface area (Å²) in [5.41, 5.74) is 1.53. The fraction of sp³-hybridized carbons (Fsp3) is 0.357. The quantitative estimate of drug-likeness (QED) is 0.759. The monoisotopic (exact) mass is 294 g/mol. The number of carbonyl (C=O) groups is 1. The van der Waals surface area contributed by atoms with Gasteiger partial charge >= 0.3 is 0 Å². The Morgan fingerprint density at radius 2 is 2.05 bits per heavy atom. The summed E-state index contributed by atoms with van der Waals surface area (Å²) in [5.74, 6) is 1.99. The maximum absolute atomic E-state index is 12.1. The van der Waals surface area contributed by atoms with Gasteiger partial charge in [0.05, 0.1) is 11.4 Å². The van der Waals surface area contributed by atoms with Gasteiger partial charge in [0.15, 0.2) is 0 Å². The van der Waals surface area contributed by atoms with E-state index >= 15 is 0 Å². The van der Waals surface area contributed by atoms with E-state index < -0.39 is 10.0 Å². The summed E-state index contributed by atoms with van der Waals surface area (Å²) in [7, 11) is -3.60. The van der Waals surface area contributed by atoms with Crippen LogP contribution in [0, 0.1) is 26.2 Å². The van der Waals surface area contributed by atoms with Gasteiger partial charge in [-0.15, -0.1) is 6.42 Å². The van der Waals surface area contributed by atoms with E-state index in [4.69, 9.17) is 6.42 Å². The Morgan fingerprint density at radius 1 is 1.35 bits per heavy atom. The van der Waals surface area contributed by atoms with Crippen LogP contribution in [-0.4, -0.2) is 27.4 Å². The molecule has 0 aliphatic carbocycles. The molecule has 0 aliphatic rings. The summed E-state index contributed by atoms with van der Waals surface area (Å²) in [6.45, 7) is 3.73. The van der Waals surface area contributed by atoms with Crippen molar-refractivity contribution >= 4 is 15.9 Å². The van der Waals surface area contributed by atoms with Gasteiger partial charge in [0.25, 0.3) is 0 Å². The Hall–Kier alpha value is -1.84. The second kappa shape index (κ2) is 7.08. The van der Waals surface area contributed by atoms with Crippen molar-refractivity contribution in [1.82, 2.24) is 10.0 Å². The molecule has 0 unspecified atom stereocenters. The second-order valence-corrected chi connectivity index (χ2v) is 6.13. The topological polar surface area (TPSA) is 75.3 Å². The molecule has 0 atom stereocenters. The van der Waals surface area contributed by atoms with Crippen LogP contribution in [0.2, 0.25) is 0 Å². The van der Waals surface area contributed by atoms with Crippen molar-refractivity contribution in [1.29, 1.82) is 0 Å². The van der Waals surface area contributed by atoms with Gasteiger partial charge in [-0.2, -0.15) is 0 Å². The highest BCUT2D eigenvalue weighted by atomic mass is 32.2. The molecule has 5 nitrogen and oxygen atoms in total. The van der Waals surface area contributed by atoms with E-state index in [9.17, 15) is 13.2 Å². The molecule has 2 N–H and O–H groups in total. The van der Waals surface area contributed by atoms with E-state index in [0.29, 0.717) is 5.56 Å². The van der Waals surface area contributed by atoms with Crippen LogP contribution in [0.5, 0.6) is 0 Å². The number of nitrogens with one attached hydrogen (secondary N) is 2. The first-order valence-electron chi connectivity index (χ1n) is 6.14. The van der Waals surface area contributed by atoms with Gasteiger partial charge in [-0.3, -0.25) is 4.79 Å². The third kappa shape index (κ3) is 4.68. The summed E-state index contributed by atoms with van der Waals surface area (Å²) in [5, 5.41) is 2.47. The van der Waals surface area contributed by atoms with Crippen molar-refractivity contribution in [2.75, 3.05) is 13.1 Å². The maximum Gasteiger partial charge on any atom is 0.240 e. The molecule has 108 valence electrons. The van der Waals surface area contributed by atoms with E-state index in [2.05, 4.69) is 16.0 Å². The van der Waals surface area contributed by atoms with Crippen LogP contribution in [0.1, 0.15) is 17.5 Å². The SMILES string of the molecule is C#CCNC(=O)CCNS(=O)(=O)c1cc(C)ccc1C. The van der Waals surface area contributed by atoms with Gasteiger partial charge in [0.1, 0.15) is 0 Å². The average Bonchev–Trinajstić information content (AvgIpc) is 2.38. The van der Waals surface area contributed by atoms with Crippen molar-refractivity contribution in [3.63, 3.8) is 0 Å². The molecule has 1 aromatic carbocycles. The van der Waals surface area contributed by atoms with E-state index in [1.165, 1.54) is 0 Å². The Balaban J connectivity index is 2.65. The Morgan fingerprint density at radius 3 is 2.70 bits per heavy atom. The molecule has 6 heteroatoms. The standard InChI is InChI=1S/C14H18N2O3S/c1-4-8-15-14(17)7-9-16-20(18,19)13-10-11(2)5-6-12(13)3/h1,5-6,10,16H,7-9H2,2-3H3,(H,15,17). The second-order valence-electron chi connectivity index (χ2n) is 4.40. The highest BCUT2D eigenvalue weighted by Gasteiger charge is 2.16. The van der Waals surface area contributed by atoms with Gasteiger partial charge < -0.3 is 5.32 Å². The van der Waals surface area contributed by atoms with Crippen molar-refractivity contribution in [2.45, 2.75) is 25.2 Å². The molecule has 20 heavy (non-hydrogen) atoms. The molecule has 0 fully saturated rings. The average molecular weight is 294 g/mol. The summed E-state index contributed by atoms with van der Waals surface area (Å²) >= 11 is 0. The largest absolute Gasteiger partial charge is 0.345 e. The minimum Gasteiger partial charge on any atom is -0.345 e. The van der Waals surface area contributed by atoms with E-state index in [1.54, 1.807) is 19.1 Å². The molecule has 0 bridgehead atoms. The minimum absolute atomic E-state index is 0.0338. The van der Waals surface area contributed by atoms with Crippen LogP contribution >= 0.6 is 0 Å². The third-order valence-corrected chi connectivity index (χ3v) is 4.27. The molecule has 0 heterocycles. The van der Waals surface area contributed by atoms with Crippen molar-refractivity contribution in [2.24, 2.45) is 0 Å². The van der Waals surface area contributed by atoms with E-state index in [0.717, 1.165) is 5.56 Å². The van der Waals surface area contributed by atoms with Crippen molar-refractivity contribution in [3.05, 3.63) is 29.3 Å². The van der Waals surface area contributed by atoms with Gasteiger partial charge in [0.2, 0.25) is 15.9 Å². The van der Waals surface area contributed by atoms with Crippen molar-refractivity contribution < 1.29 is 13.2 Å². The zero-order valence-electron chi connectivity index (χ0n) is 11.6. The Labute approximate surface area is 119 Å². The number of aryl methyl sites for hydroxylation is 2. The van der Waals surface area contributed by atoms with Gasteiger partial charge in [0, 0.05) is 13.0 Å². The van der Waals surface area contributed by atoms with Crippen LogP contribution in [0.15, 0.2) is 23.1 Å². The fourth-order valence-corrected chi connectivity index (χ4v) is 2.97. The molecule has 1 amide bonds. The summed E-state index contributed by atoms with van der Waals surface area (Å²) < 4.78 is 26.7. The van der Waals surface area contributed by atoms with Crippen LogP contribution in [-0.2, 0) is 14.8 Å². The number of sulfonamides is 1. The maximum atomic E-state index is 12.1. The molecular formula is C14H18N2O3S. The first kappa shape index (κ1) is 16.2. The molecule has 0 saturated carbocycles. The number of hydrogen-bond acceptors (Lipinski definition) is 3. The first-order valence-corrected chi connectivity index (χ1v) is 7.62. The smallest absolute Gasteiger partial charge is 0.240 e. The van der Waals surface area contributed by atoms with E-state index in [-0.39, 0.29) is 30.3 Å². The zero-order chi connectivity index (χ0) is 15.2. The lowest BCUT2D eigenvalue weighted by molar-refractivity contribution is -0.120. The summed E-state index contributed by atoms with van der Waals surface area (Å²) in [6.07, 6.45) is 5.05. The van der Waals surface area contributed by atoms with Gasteiger partial charge in [-0.25, -0.2) is 13.1 Å². The van der Waals surface area contributed by atoms with Gasteiger partial charge in [-0.1, -0.05) is 18.1 Å². The summed E-state index contributed by atoms with van der Waals surface area (Å²) in [6, 6.07) is 5.21. The molecular weight excluding hydrogens is 276 g/mol. The number of rotatable bonds is 6. The van der Waals surface area contributed by atoms with Crippen LogP contribution in [0.4, 0.5) is 0 Å². The Bertz CT molecular complexity index is 630. The van der Waals surface area contributed by atoms with Crippen LogP contribution in [0.25, 0.3) is 0 Å². The lowest BCUT2D eigenvalue weighted by atomic mass is 10.2. The molecule has 1 rings (SSSR count). The molecule has 0 aliphatic heterocycles. The third-order valence-electron chi connectivity index (χ3n) is 2.66. The lowest BCUT2D eigenvalue weighted by Crippen LogP contribution is -2.31. The molecule has 1 aromatic rings. The molecule has 0 spiro atoms. The fourth-order valence-electron chi connectivity index (χ4n) is 1.61. The van der Waals surface area contributed by atoms with Crippen LogP contribution < -0.4 is 10.0 Å². The first-order chi connectivity index (χ1) is 9.36. The highest BCUT2D eigenvalue weighted by molar-refractivity contribution is 7.89. The normalized spacial score (nSPS) is 10.8. The van der Waals surface area contributed by atoms with Crippen LogP contribution in [0.3, 0.4) is 0 Å². The Kier molecular flexibility index (Phi) is 5.74. The predicted octanol–water partition coefficient (Wildman–Crippen LogP) is 0.721. The van der Waals surface area contributed by atoms with Crippen molar-refractivity contribution in [3.8, 4) is 12.3 Å². The van der Waals surface area contributed by atoms with Gasteiger partial charge in [-0.05, 0) is 31.0 Å². The predicted molar refractivity (Wildman–Crippen MR) is 77.6 cm³/mol. The minimum atomic E-state index is -3.60. The number of benzene rings is 1. The van der Waals surface area contributed by atoms with E-state index in [1.807, 2.05) is 13.0 Å². The lowest BCUT2D eigenvalue weighted by Gasteiger charge is -2.10. The number of terminal acetylenes is 1. The highest BCUT2D eigenvalue weighted by Crippen LogP contribution is 2.16. The molecule has 0 aromatic heterocycles. The summed E-state index contributed by atoms with van der Waals surface area (Å²) in [4.78, 5) is 11.5.